The molecule has 0 atom stereocenters. The van der Waals surface area contributed by atoms with Crippen LogP contribution in [0, 0.1) is 18.3 Å². The lowest BCUT2D eigenvalue weighted by atomic mass is 10.1. The molecule has 0 aliphatic carbocycles. The van der Waals surface area contributed by atoms with Crippen molar-refractivity contribution >= 4 is 17.7 Å². The lowest BCUT2D eigenvalue weighted by molar-refractivity contribution is -0.112. The number of benzene rings is 2. The van der Waals surface area contributed by atoms with Crippen molar-refractivity contribution in [2.45, 2.75) is 13.8 Å². The second-order valence-electron chi connectivity index (χ2n) is 6.15. The first-order chi connectivity index (χ1) is 13.6. The largest absolute Gasteiger partial charge is 0.494 e. The van der Waals surface area contributed by atoms with Crippen molar-refractivity contribution in [1.82, 2.24) is 0 Å². The molecule has 1 N–H and O–H groups in total. The second kappa shape index (κ2) is 8.74. The Morgan fingerprint density at radius 2 is 1.82 bits per heavy atom. The summed E-state index contributed by atoms with van der Waals surface area (Å²) in [7, 11) is 0. The van der Waals surface area contributed by atoms with Gasteiger partial charge < -0.3 is 14.5 Å². The summed E-state index contributed by atoms with van der Waals surface area (Å²) >= 11 is 0. The number of hydrogen-bond acceptors (Lipinski definition) is 4. The summed E-state index contributed by atoms with van der Waals surface area (Å²) in [5.41, 5.74) is 2.63. The van der Waals surface area contributed by atoms with E-state index in [9.17, 15) is 10.1 Å². The summed E-state index contributed by atoms with van der Waals surface area (Å²) in [5, 5.41) is 12.1. The number of furan rings is 1. The molecule has 0 fully saturated rings. The third kappa shape index (κ3) is 4.68. The maximum Gasteiger partial charge on any atom is 0.266 e. The summed E-state index contributed by atoms with van der Waals surface area (Å²) in [5.74, 6) is 1.33. The molecular weight excluding hydrogens is 352 g/mol. The van der Waals surface area contributed by atoms with Crippen LogP contribution in [-0.4, -0.2) is 12.5 Å². The van der Waals surface area contributed by atoms with Crippen LogP contribution in [0.4, 0.5) is 5.69 Å². The van der Waals surface area contributed by atoms with E-state index in [0.29, 0.717) is 23.8 Å². The van der Waals surface area contributed by atoms with Gasteiger partial charge in [-0.05, 0) is 50.2 Å². The van der Waals surface area contributed by atoms with Crippen LogP contribution in [0.5, 0.6) is 5.75 Å². The Bertz CT molecular complexity index is 1020. The maximum atomic E-state index is 12.4. The van der Waals surface area contributed by atoms with Gasteiger partial charge in [0.2, 0.25) is 0 Å². The van der Waals surface area contributed by atoms with Crippen LogP contribution in [0.15, 0.2) is 70.7 Å². The number of anilines is 1. The quantitative estimate of drug-likeness (QED) is 0.477. The highest BCUT2D eigenvalue weighted by atomic mass is 16.5. The molecule has 0 aliphatic rings. The van der Waals surface area contributed by atoms with E-state index in [4.69, 9.17) is 9.15 Å². The Morgan fingerprint density at radius 1 is 1.11 bits per heavy atom. The van der Waals surface area contributed by atoms with Crippen LogP contribution in [0.25, 0.3) is 17.4 Å². The van der Waals surface area contributed by atoms with Gasteiger partial charge in [-0.3, -0.25) is 4.79 Å². The minimum Gasteiger partial charge on any atom is -0.494 e. The van der Waals surface area contributed by atoms with Gasteiger partial charge in [-0.1, -0.05) is 29.8 Å². The zero-order valence-electron chi connectivity index (χ0n) is 15.7. The average Bonchev–Trinajstić information content (AvgIpc) is 3.17. The lowest BCUT2D eigenvalue weighted by Gasteiger charge is -2.06. The number of aryl methyl sites for hydroxylation is 1. The van der Waals surface area contributed by atoms with Crippen molar-refractivity contribution in [2.24, 2.45) is 0 Å². The standard InChI is InChI=1S/C23H20N2O3/c1-3-27-20-10-8-19(9-11-20)25-23(26)18(15-24)14-21-12-13-22(28-21)17-6-4-16(2)5-7-17/h4-14H,3H2,1-2H3,(H,25,26). The Hall–Kier alpha value is -3.78. The Balaban J connectivity index is 1.73. The number of hydrogen-bond donors (Lipinski definition) is 1. The van der Waals surface area contributed by atoms with Gasteiger partial charge in [-0.15, -0.1) is 0 Å². The van der Waals surface area contributed by atoms with Gasteiger partial charge in [0, 0.05) is 17.3 Å². The number of nitrogens with one attached hydrogen (secondary N) is 1. The number of carbonyl (C=O) groups is 1. The number of carbonyl (C=O) groups excluding carboxylic acids is 1. The summed E-state index contributed by atoms with van der Waals surface area (Å²) in [6.45, 7) is 4.49. The van der Waals surface area contributed by atoms with E-state index in [1.165, 1.54) is 6.08 Å². The minimum absolute atomic E-state index is 0.0429. The van der Waals surface area contributed by atoms with Crippen molar-refractivity contribution in [2.75, 3.05) is 11.9 Å². The summed E-state index contributed by atoms with van der Waals surface area (Å²) in [6, 6.07) is 20.4. The molecule has 0 radical (unpaired) electrons. The molecule has 0 aliphatic heterocycles. The predicted octanol–water partition coefficient (Wildman–Crippen LogP) is 5.20. The summed E-state index contributed by atoms with van der Waals surface area (Å²) < 4.78 is 11.1. The van der Waals surface area contributed by atoms with Gasteiger partial charge >= 0.3 is 0 Å². The number of amides is 1. The molecule has 2 aromatic carbocycles. The van der Waals surface area contributed by atoms with Gasteiger partial charge in [0.05, 0.1) is 6.61 Å². The smallest absolute Gasteiger partial charge is 0.266 e. The van der Waals surface area contributed by atoms with Crippen LogP contribution < -0.4 is 10.1 Å². The summed E-state index contributed by atoms with van der Waals surface area (Å²) in [4.78, 5) is 12.4. The summed E-state index contributed by atoms with van der Waals surface area (Å²) in [6.07, 6.45) is 1.43. The molecule has 3 rings (SSSR count). The number of nitriles is 1. The normalized spacial score (nSPS) is 11.0. The Morgan fingerprint density at radius 3 is 2.46 bits per heavy atom. The van der Waals surface area contributed by atoms with Crippen molar-refractivity contribution in [3.63, 3.8) is 0 Å². The highest BCUT2D eigenvalue weighted by molar-refractivity contribution is 6.09. The van der Waals surface area contributed by atoms with Crippen LogP contribution >= 0.6 is 0 Å². The van der Waals surface area contributed by atoms with Gasteiger partial charge in [-0.25, -0.2) is 0 Å². The Labute approximate surface area is 163 Å². The van der Waals surface area contributed by atoms with Crippen molar-refractivity contribution < 1.29 is 13.9 Å². The van der Waals surface area contributed by atoms with E-state index >= 15 is 0 Å². The van der Waals surface area contributed by atoms with E-state index in [-0.39, 0.29) is 5.57 Å². The lowest BCUT2D eigenvalue weighted by Crippen LogP contribution is -2.13. The fraction of sp³-hybridized carbons (Fsp3) is 0.130. The van der Waals surface area contributed by atoms with Gasteiger partial charge in [0.1, 0.15) is 28.9 Å². The number of rotatable bonds is 6. The fourth-order valence-electron chi connectivity index (χ4n) is 2.59. The van der Waals surface area contributed by atoms with Gasteiger partial charge in [0.25, 0.3) is 5.91 Å². The Kier molecular flexibility index (Phi) is 5.93. The van der Waals surface area contributed by atoms with Crippen molar-refractivity contribution in [1.29, 1.82) is 5.26 Å². The highest BCUT2D eigenvalue weighted by Gasteiger charge is 2.11. The zero-order valence-corrected chi connectivity index (χ0v) is 15.7. The second-order valence-corrected chi connectivity index (χ2v) is 6.15. The zero-order chi connectivity index (χ0) is 19.9. The molecule has 0 saturated heterocycles. The molecule has 0 spiro atoms. The van der Waals surface area contributed by atoms with Crippen molar-refractivity contribution in [3.05, 3.63) is 77.6 Å². The molecule has 1 heterocycles. The van der Waals surface area contributed by atoms with E-state index in [0.717, 1.165) is 16.9 Å². The van der Waals surface area contributed by atoms with E-state index < -0.39 is 5.91 Å². The first kappa shape index (κ1) is 19.0. The predicted molar refractivity (Wildman–Crippen MR) is 109 cm³/mol. The van der Waals surface area contributed by atoms with Gasteiger partial charge in [-0.2, -0.15) is 5.26 Å². The SMILES string of the molecule is CCOc1ccc(NC(=O)C(C#N)=Cc2ccc(-c3ccc(C)cc3)o2)cc1. The topological polar surface area (TPSA) is 75.3 Å². The monoisotopic (exact) mass is 372 g/mol. The molecule has 3 aromatic rings. The number of ether oxygens (including phenoxy) is 1. The molecule has 1 amide bonds. The highest BCUT2D eigenvalue weighted by Crippen LogP contribution is 2.24. The molecule has 0 saturated carbocycles. The molecule has 140 valence electrons. The van der Waals surface area contributed by atoms with Gasteiger partial charge in [0.15, 0.2) is 0 Å². The van der Waals surface area contributed by atoms with Crippen LogP contribution in [0.2, 0.25) is 0 Å². The third-order valence-corrected chi connectivity index (χ3v) is 4.04. The number of nitrogens with zero attached hydrogens (tertiary/aromatic N) is 1. The van der Waals surface area contributed by atoms with Crippen molar-refractivity contribution in [3.8, 4) is 23.1 Å². The van der Waals surface area contributed by atoms with E-state index in [1.54, 1.807) is 30.3 Å². The van der Waals surface area contributed by atoms with Crippen LogP contribution in [-0.2, 0) is 4.79 Å². The molecule has 0 bridgehead atoms. The van der Waals surface area contributed by atoms with Crippen LogP contribution in [0.1, 0.15) is 18.2 Å². The fourth-order valence-corrected chi connectivity index (χ4v) is 2.59. The molecule has 1 aromatic heterocycles. The molecule has 5 heteroatoms. The van der Waals surface area contributed by atoms with E-state index in [2.05, 4.69) is 5.32 Å². The first-order valence-electron chi connectivity index (χ1n) is 8.92. The van der Waals surface area contributed by atoms with Crippen LogP contribution in [0.3, 0.4) is 0 Å². The molecule has 28 heavy (non-hydrogen) atoms. The minimum atomic E-state index is -0.500. The third-order valence-electron chi connectivity index (χ3n) is 4.04. The first-order valence-corrected chi connectivity index (χ1v) is 8.92. The maximum absolute atomic E-state index is 12.4. The van der Waals surface area contributed by atoms with E-state index in [1.807, 2.05) is 50.2 Å². The molecule has 5 nitrogen and oxygen atoms in total. The molecular formula is C23H20N2O3. The average molecular weight is 372 g/mol. The molecule has 0 unspecified atom stereocenters.